The molecular weight excluding hydrogens is 425 g/mol. The first kappa shape index (κ1) is 22.3. The van der Waals surface area contributed by atoms with Crippen LogP contribution in [-0.4, -0.2) is 46.3 Å². The van der Waals surface area contributed by atoms with E-state index in [0.29, 0.717) is 43.2 Å². The number of ether oxygens (including phenoxy) is 1. The van der Waals surface area contributed by atoms with Crippen LogP contribution < -0.4 is 15.4 Å². The molecule has 0 atom stereocenters. The van der Waals surface area contributed by atoms with Crippen LogP contribution in [0.5, 0.6) is 5.75 Å². The average molecular weight is 452 g/mol. The first-order valence-corrected chi connectivity index (χ1v) is 10.8. The molecule has 1 aliphatic rings. The minimum atomic E-state index is -0.483. The molecule has 1 fully saturated rings. The number of hydrogen-bond acceptors (Lipinski definition) is 4. The van der Waals surface area contributed by atoms with Gasteiger partial charge in [0.2, 0.25) is 0 Å². The third-order valence-corrected chi connectivity index (χ3v) is 5.54. The Kier molecular flexibility index (Phi) is 6.87. The zero-order chi connectivity index (χ0) is 23.2. The maximum absolute atomic E-state index is 13.3. The second-order valence-electron chi connectivity index (χ2n) is 7.96. The monoisotopic (exact) mass is 451 g/mol. The van der Waals surface area contributed by atoms with Crippen molar-refractivity contribution in [1.82, 2.24) is 14.7 Å². The van der Waals surface area contributed by atoms with Crippen molar-refractivity contribution >= 4 is 23.4 Å². The number of aromatic nitrogens is 2. The summed E-state index contributed by atoms with van der Waals surface area (Å²) in [5.41, 5.74) is 1.49. The number of hydrogen-bond donors (Lipinski definition) is 2. The Bertz CT molecular complexity index is 1110. The molecular formula is C24H26FN5O3. The number of urea groups is 1. The molecule has 9 heteroatoms. The highest BCUT2D eigenvalue weighted by Gasteiger charge is 2.26. The number of likely N-dealkylation sites (tertiary alicyclic amines) is 1. The molecule has 3 aromatic rings. The molecule has 0 spiro atoms. The molecule has 172 valence electrons. The van der Waals surface area contributed by atoms with Gasteiger partial charge in [-0.25, -0.2) is 13.9 Å². The average Bonchev–Trinajstić information content (AvgIpc) is 3.26. The largest absolute Gasteiger partial charge is 0.484 e. The molecule has 0 bridgehead atoms. The Morgan fingerprint density at radius 1 is 1.09 bits per heavy atom. The summed E-state index contributed by atoms with van der Waals surface area (Å²) in [6.07, 6.45) is 3.03. The number of amides is 3. The van der Waals surface area contributed by atoms with E-state index in [2.05, 4.69) is 15.7 Å². The topological polar surface area (TPSA) is 88.5 Å². The first-order valence-electron chi connectivity index (χ1n) is 10.8. The Labute approximate surface area is 191 Å². The highest BCUT2D eigenvalue weighted by Crippen LogP contribution is 2.26. The summed E-state index contributed by atoms with van der Waals surface area (Å²) in [4.78, 5) is 26.6. The third kappa shape index (κ3) is 5.88. The highest BCUT2D eigenvalue weighted by molar-refractivity contribution is 5.99. The predicted molar refractivity (Wildman–Crippen MR) is 123 cm³/mol. The summed E-state index contributed by atoms with van der Waals surface area (Å²) in [5, 5.41) is 9.72. The zero-order valence-electron chi connectivity index (χ0n) is 18.3. The van der Waals surface area contributed by atoms with Gasteiger partial charge in [0.05, 0.1) is 12.2 Å². The van der Waals surface area contributed by atoms with Crippen molar-refractivity contribution in [2.45, 2.75) is 25.8 Å². The van der Waals surface area contributed by atoms with E-state index < -0.39 is 11.8 Å². The van der Waals surface area contributed by atoms with Crippen molar-refractivity contribution in [2.75, 3.05) is 30.3 Å². The lowest BCUT2D eigenvalue weighted by atomic mass is 10.1. The van der Waals surface area contributed by atoms with Gasteiger partial charge in [0.1, 0.15) is 17.4 Å². The van der Waals surface area contributed by atoms with Crippen LogP contribution in [0, 0.1) is 12.7 Å². The molecule has 0 unspecified atom stereocenters. The number of halogens is 1. The van der Waals surface area contributed by atoms with E-state index in [-0.39, 0.29) is 18.6 Å². The quantitative estimate of drug-likeness (QED) is 0.588. The molecule has 33 heavy (non-hydrogen) atoms. The van der Waals surface area contributed by atoms with Gasteiger partial charge in [-0.05, 0) is 50.1 Å². The molecule has 1 saturated heterocycles. The number of rotatable bonds is 6. The molecule has 2 N–H and O–H groups in total. The van der Waals surface area contributed by atoms with E-state index in [4.69, 9.17) is 4.74 Å². The number of carbonyl (C=O) groups is 2. The van der Waals surface area contributed by atoms with E-state index in [0.717, 1.165) is 5.56 Å². The highest BCUT2D eigenvalue weighted by atomic mass is 19.1. The summed E-state index contributed by atoms with van der Waals surface area (Å²) in [6.45, 7) is 3.16. The van der Waals surface area contributed by atoms with Gasteiger partial charge in [0.15, 0.2) is 6.61 Å². The number of carbonyl (C=O) groups excluding carboxylic acids is 2. The molecule has 8 nitrogen and oxygen atoms in total. The molecule has 2 aromatic carbocycles. The lowest BCUT2D eigenvalue weighted by Crippen LogP contribution is -2.41. The fourth-order valence-corrected chi connectivity index (χ4v) is 3.78. The van der Waals surface area contributed by atoms with Gasteiger partial charge in [-0.15, -0.1) is 0 Å². The van der Waals surface area contributed by atoms with Crippen molar-refractivity contribution in [3.8, 4) is 5.75 Å². The molecule has 1 aliphatic heterocycles. The van der Waals surface area contributed by atoms with Crippen LogP contribution in [0.15, 0.2) is 60.8 Å². The van der Waals surface area contributed by atoms with Crippen LogP contribution in [-0.2, 0) is 4.79 Å². The maximum Gasteiger partial charge on any atom is 0.324 e. The summed E-state index contributed by atoms with van der Waals surface area (Å²) in [6, 6.07) is 14.5. The van der Waals surface area contributed by atoms with Gasteiger partial charge in [0.25, 0.3) is 5.91 Å². The summed E-state index contributed by atoms with van der Waals surface area (Å²) in [7, 11) is 0. The van der Waals surface area contributed by atoms with Crippen LogP contribution >= 0.6 is 0 Å². The maximum atomic E-state index is 13.3. The molecule has 4 rings (SSSR count). The number of aryl methyl sites for hydroxylation is 1. The van der Waals surface area contributed by atoms with Crippen molar-refractivity contribution in [3.05, 3.63) is 72.2 Å². The van der Waals surface area contributed by atoms with E-state index >= 15 is 0 Å². The number of nitrogens with one attached hydrogen (secondary N) is 2. The Hall–Kier alpha value is -3.88. The zero-order valence-corrected chi connectivity index (χ0v) is 18.3. The second kappa shape index (κ2) is 10.2. The van der Waals surface area contributed by atoms with Crippen LogP contribution in [0.4, 0.5) is 20.7 Å². The van der Waals surface area contributed by atoms with Gasteiger partial charge >= 0.3 is 6.03 Å². The summed E-state index contributed by atoms with van der Waals surface area (Å²) >= 11 is 0. The van der Waals surface area contributed by atoms with Gasteiger partial charge in [-0.3, -0.25) is 10.1 Å². The van der Waals surface area contributed by atoms with E-state index in [1.165, 1.54) is 18.2 Å². The van der Waals surface area contributed by atoms with Crippen LogP contribution in [0.2, 0.25) is 0 Å². The van der Waals surface area contributed by atoms with E-state index in [1.807, 2.05) is 31.2 Å². The van der Waals surface area contributed by atoms with Gasteiger partial charge in [0, 0.05) is 24.8 Å². The number of anilines is 2. The van der Waals surface area contributed by atoms with Crippen LogP contribution in [0.3, 0.4) is 0 Å². The minimum Gasteiger partial charge on any atom is -0.484 e. The Morgan fingerprint density at radius 3 is 2.58 bits per heavy atom. The third-order valence-electron chi connectivity index (χ3n) is 5.54. The molecule has 0 saturated carbocycles. The Balaban J connectivity index is 1.27. The van der Waals surface area contributed by atoms with Gasteiger partial charge < -0.3 is 15.0 Å². The SMILES string of the molecule is Cc1ccc(OCC(=O)N2CCC(n3nccc3NC(=O)Nc3cccc(F)c3)CC2)cc1. The number of nitrogens with zero attached hydrogens (tertiary/aromatic N) is 3. The van der Waals surface area contributed by atoms with Crippen molar-refractivity contribution in [3.63, 3.8) is 0 Å². The smallest absolute Gasteiger partial charge is 0.324 e. The molecule has 1 aromatic heterocycles. The summed E-state index contributed by atoms with van der Waals surface area (Å²) in [5.74, 6) is 0.731. The number of benzene rings is 2. The lowest BCUT2D eigenvalue weighted by Gasteiger charge is -2.32. The van der Waals surface area contributed by atoms with E-state index in [9.17, 15) is 14.0 Å². The predicted octanol–water partition coefficient (Wildman–Crippen LogP) is 4.22. The van der Waals surface area contributed by atoms with Crippen molar-refractivity contribution in [1.29, 1.82) is 0 Å². The first-order chi connectivity index (χ1) is 16.0. The normalized spacial score (nSPS) is 14.1. The van der Waals surface area contributed by atoms with Gasteiger partial charge in [-0.1, -0.05) is 23.8 Å². The standard InChI is InChI=1S/C24H26FN5O3/c1-17-5-7-21(8-6-17)33-16-23(31)29-13-10-20(11-14-29)30-22(9-12-26-30)28-24(32)27-19-4-2-3-18(25)15-19/h2-9,12,15,20H,10-11,13-14,16H2,1H3,(H2,27,28,32). The number of piperidine rings is 1. The fourth-order valence-electron chi connectivity index (χ4n) is 3.78. The van der Waals surface area contributed by atoms with Crippen LogP contribution in [0.1, 0.15) is 24.4 Å². The second-order valence-corrected chi connectivity index (χ2v) is 7.96. The Morgan fingerprint density at radius 2 is 1.85 bits per heavy atom. The minimum absolute atomic E-state index is 0.00253. The van der Waals surface area contributed by atoms with Crippen LogP contribution in [0.25, 0.3) is 0 Å². The lowest BCUT2D eigenvalue weighted by molar-refractivity contribution is -0.134. The van der Waals surface area contributed by atoms with E-state index in [1.54, 1.807) is 27.9 Å². The van der Waals surface area contributed by atoms with Crippen molar-refractivity contribution < 1.29 is 18.7 Å². The fraction of sp³-hybridized carbons (Fsp3) is 0.292. The summed E-state index contributed by atoms with van der Waals surface area (Å²) < 4.78 is 20.7. The molecule has 0 aliphatic carbocycles. The molecule has 2 heterocycles. The van der Waals surface area contributed by atoms with Crippen molar-refractivity contribution in [2.24, 2.45) is 0 Å². The van der Waals surface area contributed by atoms with Gasteiger partial charge in [-0.2, -0.15) is 5.10 Å². The molecule has 3 amide bonds. The molecule has 0 radical (unpaired) electrons.